The van der Waals surface area contributed by atoms with Crippen LogP contribution in [0.3, 0.4) is 0 Å². The van der Waals surface area contributed by atoms with E-state index in [1.165, 1.54) is 5.69 Å². The third kappa shape index (κ3) is 6.31. The van der Waals surface area contributed by atoms with Crippen molar-refractivity contribution in [2.75, 3.05) is 50.8 Å². The lowest BCUT2D eigenvalue weighted by Gasteiger charge is -2.36. The van der Waals surface area contributed by atoms with Crippen LogP contribution >= 0.6 is 23.2 Å². The van der Waals surface area contributed by atoms with E-state index in [2.05, 4.69) is 27.2 Å². The van der Waals surface area contributed by atoms with Gasteiger partial charge >= 0.3 is 0 Å². The molecule has 0 atom stereocenters. The zero-order chi connectivity index (χ0) is 19.1. The molecule has 0 saturated carbocycles. The van der Waals surface area contributed by atoms with Gasteiger partial charge in [-0.3, -0.25) is 9.69 Å². The maximum Gasteiger partial charge on any atom is 0.257 e. The summed E-state index contributed by atoms with van der Waals surface area (Å²) < 4.78 is 5.44. The van der Waals surface area contributed by atoms with E-state index in [1.54, 1.807) is 24.3 Å². The van der Waals surface area contributed by atoms with Crippen LogP contribution in [0.2, 0.25) is 10.0 Å². The van der Waals surface area contributed by atoms with Crippen LogP contribution in [-0.2, 0) is 4.79 Å². The van der Waals surface area contributed by atoms with Crippen molar-refractivity contribution in [3.05, 3.63) is 58.6 Å². The van der Waals surface area contributed by atoms with Crippen molar-refractivity contribution in [1.29, 1.82) is 0 Å². The van der Waals surface area contributed by atoms with Gasteiger partial charge in [-0.25, -0.2) is 0 Å². The van der Waals surface area contributed by atoms with Crippen LogP contribution in [0.1, 0.15) is 0 Å². The van der Waals surface area contributed by atoms with Crippen molar-refractivity contribution in [3.63, 3.8) is 0 Å². The fraction of sp³-hybridized carbons (Fsp3) is 0.350. The minimum absolute atomic E-state index is 0.00593. The number of benzene rings is 2. The highest BCUT2D eigenvalue weighted by molar-refractivity contribution is 6.30. The van der Waals surface area contributed by atoms with Crippen molar-refractivity contribution in [1.82, 2.24) is 10.2 Å². The number of carbonyl (C=O) groups is 1. The van der Waals surface area contributed by atoms with E-state index in [0.717, 1.165) is 37.7 Å². The van der Waals surface area contributed by atoms with Crippen molar-refractivity contribution in [3.8, 4) is 5.75 Å². The van der Waals surface area contributed by atoms with E-state index in [9.17, 15) is 4.79 Å². The fourth-order valence-corrected chi connectivity index (χ4v) is 3.22. The highest BCUT2D eigenvalue weighted by atomic mass is 35.5. The van der Waals surface area contributed by atoms with Gasteiger partial charge in [-0.2, -0.15) is 0 Å². The molecule has 0 spiro atoms. The van der Waals surface area contributed by atoms with Crippen LogP contribution in [0.5, 0.6) is 5.75 Å². The summed E-state index contributed by atoms with van der Waals surface area (Å²) in [4.78, 5) is 16.6. The molecule has 1 fully saturated rings. The smallest absolute Gasteiger partial charge is 0.257 e. The van der Waals surface area contributed by atoms with Gasteiger partial charge in [0.1, 0.15) is 5.75 Å². The summed E-state index contributed by atoms with van der Waals surface area (Å²) >= 11 is 11.8. The monoisotopic (exact) mass is 407 g/mol. The Morgan fingerprint density at radius 3 is 2.15 bits per heavy atom. The lowest BCUT2D eigenvalue weighted by atomic mass is 10.2. The number of nitrogens with one attached hydrogen (secondary N) is 1. The molecule has 0 aromatic heterocycles. The molecule has 5 nitrogen and oxygen atoms in total. The zero-order valence-electron chi connectivity index (χ0n) is 15.0. The number of nitrogens with zero attached hydrogens (tertiary/aromatic N) is 2. The summed E-state index contributed by atoms with van der Waals surface area (Å²) in [6.07, 6.45) is 0. The number of carbonyl (C=O) groups excluding carboxylic acids is 1. The number of anilines is 1. The van der Waals surface area contributed by atoms with Gasteiger partial charge in [-0.15, -0.1) is 0 Å². The van der Waals surface area contributed by atoms with E-state index < -0.39 is 0 Å². The molecule has 0 radical (unpaired) electrons. The molecule has 0 bridgehead atoms. The standard InChI is InChI=1S/C20H23Cl2N3O2/c21-16-1-5-18(6-2-16)25-13-11-24(12-14-25)10-9-23-20(26)15-27-19-7-3-17(22)4-8-19/h1-8H,9-15H2,(H,23,26). The number of halogens is 2. The van der Waals surface area contributed by atoms with E-state index >= 15 is 0 Å². The predicted octanol–water partition coefficient (Wildman–Crippen LogP) is 3.31. The molecule has 2 aromatic rings. The van der Waals surface area contributed by atoms with Crippen LogP contribution in [0.4, 0.5) is 5.69 Å². The fourth-order valence-electron chi connectivity index (χ4n) is 2.97. The minimum Gasteiger partial charge on any atom is -0.484 e. The molecule has 1 saturated heterocycles. The molecular weight excluding hydrogens is 385 g/mol. The van der Waals surface area contributed by atoms with Crippen LogP contribution in [-0.4, -0.2) is 56.7 Å². The molecular formula is C20H23Cl2N3O2. The van der Waals surface area contributed by atoms with Crippen LogP contribution < -0.4 is 15.0 Å². The molecule has 3 rings (SSSR count). The number of ether oxygens (including phenoxy) is 1. The van der Waals surface area contributed by atoms with Crippen molar-refractivity contribution < 1.29 is 9.53 Å². The summed E-state index contributed by atoms with van der Waals surface area (Å²) in [5, 5.41) is 4.30. The van der Waals surface area contributed by atoms with Gasteiger partial charge in [0.25, 0.3) is 5.91 Å². The summed E-state index contributed by atoms with van der Waals surface area (Å²) in [5.74, 6) is 0.512. The van der Waals surface area contributed by atoms with Gasteiger partial charge in [-0.05, 0) is 48.5 Å². The summed E-state index contributed by atoms with van der Waals surface area (Å²) in [5.41, 5.74) is 1.20. The molecule has 1 aliphatic rings. The van der Waals surface area contributed by atoms with E-state index in [-0.39, 0.29) is 12.5 Å². The third-order valence-electron chi connectivity index (χ3n) is 4.50. The quantitative estimate of drug-likeness (QED) is 0.764. The number of rotatable bonds is 7. The Balaban J connectivity index is 1.31. The molecule has 144 valence electrons. The Kier molecular flexibility index (Phi) is 7.21. The second kappa shape index (κ2) is 9.83. The number of hydrogen-bond donors (Lipinski definition) is 1. The summed E-state index contributed by atoms with van der Waals surface area (Å²) in [6.45, 7) is 5.33. The first-order valence-electron chi connectivity index (χ1n) is 8.98. The third-order valence-corrected chi connectivity index (χ3v) is 5.00. The average Bonchev–Trinajstić information content (AvgIpc) is 2.69. The first kappa shape index (κ1) is 19.8. The van der Waals surface area contributed by atoms with Crippen LogP contribution in [0, 0.1) is 0 Å². The van der Waals surface area contributed by atoms with Gasteiger partial charge in [0.15, 0.2) is 6.61 Å². The molecule has 0 unspecified atom stereocenters. The summed E-state index contributed by atoms with van der Waals surface area (Å²) in [6, 6.07) is 14.9. The SMILES string of the molecule is O=C(COc1ccc(Cl)cc1)NCCN1CCN(c2ccc(Cl)cc2)CC1. The Morgan fingerprint density at radius 1 is 0.926 bits per heavy atom. The second-order valence-electron chi connectivity index (χ2n) is 6.40. The number of piperazine rings is 1. The molecule has 0 aliphatic carbocycles. The van der Waals surface area contributed by atoms with Gasteiger partial charge in [0.2, 0.25) is 0 Å². The normalized spacial score (nSPS) is 14.8. The first-order chi connectivity index (χ1) is 13.1. The predicted molar refractivity (Wildman–Crippen MR) is 110 cm³/mol. The maximum absolute atomic E-state index is 11.9. The topological polar surface area (TPSA) is 44.8 Å². The Hall–Kier alpha value is -1.95. The molecule has 2 aromatic carbocycles. The van der Waals surface area contributed by atoms with Crippen molar-refractivity contribution in [2.24, 2.45) is 0 Å². The van der Waals surface area contributed by atoms with E-state index in [4.69, 9.17) is 27.9 Å². The van der Waals surface area contributed by atoms with Gasteiger partial charge in [0.05, 0.1) is 0 Å². The molecule has 7 heteroatoms. The van der Waals surface area contributed by atoms with Crippen molar-refractivity contribution in [2.45, 2.75) is 0 Å². The molecule has 1 aliphatic heterocycles. The van der Waals surface area contributed by atoms with Crippen LogP contribution in [0.15, 0.2) is 48.5 Å². The largest absolute Gasteiger partial charge is 0.484 e. The molecule has 27 heavy (non-hydrogen) atoms. The van der Waals surface area contributed by atoms with Crippen molar-refractivity contribution >= 4 is 34.8 Å². The van der Waals surface area contributed by atoms with E-state index in [1.807, 2.05) is 12.1 Å². The molecule has 1 heterocycles. The number of amides is 1. The highest BCUT2D eigenvalue weighted by Crippen LogP contribution is 2.19. The van der Waals surface area contributed by atoms with Gasteiger partial charge < -0.3 is 15.0 Å². The highest BCUT2D eigenvalue weighted by Gasteiger charge is 2.17. The molecule has 1 N–H and O–H groups in total. The Labute approximate surface area is 169 Å². The first-order valence-corrected chi connectivity index (χ1v) is 9.74. The van der Waals surface area contributed by atoms with Gasteiger partial charge in [0, 0.05) is 55.0 Å². The summed E-state index contributed by atoms with van der Waals surface area (Å²) in [7, 11) is 0. The minimum atomic E-state index is -0.121. The zero-order valence-corrected chi connectivity index (χ0v) is 16.5. The Bertz CT molecular complexity index is 730. The lowest BCUT2D eigenvalue weighted by molar-refractivity contribution is -0.123. The molecule has 1 amide bonds. The van der Waals surface area contributed by atoms with Gasteiger partial charge in [-0.1, -0.05) is 23.2 Å². The Morgan fingerprint density at radius 2 is 1.52 bits per heavy atom. The number of hydrogen-bond acceptors (Lipinski definition) is 4. The average molecular weight is 408 g/mol. The second-order valence-corrected chi connectivity index (χ2v) is 7.27. The lowest BCUT2D eigenvalue weighted by Crippen LogP contribution is -2.48. The van der Waals surface area contributed by atoms with E-state index in [0.29, 0.717) is 17.3 Å². The maximum atomic E-state index is 11.9. The van der Waals surface area contributed by atoms with Crippen LogP contribution in [0.25, 0.3) is 0 Å².